The van der Waals surface area contributed by atoms with E-state index in [0.717, 1.165) is 41.3 Å². The Morgan fingerprint density at radius 1 is 1.05 bits per heavy atom. The summed E-state index contributed by atoms with van der Waals surface area (Å²) in [5.74, 6) is 2.47. The molecular weight excluding hydrogens is 586 g/mol. The monoisotopic (exact) mass is 622 g/mol. The van der Waals surface area contributed by atoms with E-state index in [9.17, 15) is 4.79 Å². The molecule has 11 heteroatoms. The molecule has 4 atom stereocenters. The summed E-state index contributed by atoms with van der Waals surface area (Å²) in [4.78, 5) is 12.9. The van der Waals surface area contributed by atoms with Crippen LogP contribution >= 0.6 is 46.4 Å². The molecule has 0 aromatic heterocycles. The van der Waals surface area contributed by atoms with Crippen LogP contribution in [0.25, 0.3) is 0 Å². The van der Waals surface area contributed by atoms with Crippen LogP contribution in [0.4, 0.5) is 4.79 Å². The molecule has 0 saturated heterocycles. The van der Waals surface area contributed by atoms with Gasteiger partial charge in [0.15, 0.2) is 6.29 Å². The molecule has 2 bridgehead atoms. The lowest BCUT2D eigenvalue weighted by Gasteiger charge is -2.30. The molecule has 0 radical (unpaired) electrons. The molecule has 2 aliphatic carbocycles. The lowest BCUT2D eigenvalue weighted by molar-refractivity contribution is -0.000353. The number of rotatable bonds is 5. The zero-order valence-corrected chi connectivity index (χ0v) is 26.4. The maximum absolute atomic E-state index is 11.5. The average Bonchev–Trinajstić information content (AvgIpc) is 3.39. The third-order valence-corrected chi connectivity index (χ3v) is 8.43. The van der Waals surface area contributed by atoms with Crippen molar-refractivity contribution in [3.8, 4) is 17.2 Å². The van der Waals surface area contributed by atoms with E-state index < -0.39 is 6.29 Å². The van der Waals surface area contributed by atoms with Crippen LogP contribution in [0.15, 0.2) is 24.3 Å². The molecule has 2 amide bonds. The highest BCUT2D eigenvalue weighted by Gasteiger charge is 2.51. The van der Waals surface area contributed by atoms with Crippen LogP contribution < -0.4 is 19.5 Å². The number of nitrogens with zero attached hydrogens (tertiary/aromatic N) is 1. The number of aryl methyl sites for hydroxylation is 2. The number of alkyl halides is 1. The molecule has 4 unspecified atom stereocenters. The van der Waals surface area contributed by atoms with Crippen LogP contribution in [-0.4, -0.2) is 61.6 Å². The van der Waals surface area contributed by atoms with Gasteiger partial charge < -0.3 is 29.5 Å². The van der Waals surface area contributed by atoms with Gasteiger partial charge in [0, 0.05) is 31.3 Å². The van der Waals surface area contributed by atoms with Gasteiger partial charge in [0.1, 0.15) is 17.2 Å². The third kappa shape index (κ3) is 9.39. The van der Waals surface area contributed by atoms with Gasteiger partial charge in [0.25, 0.3) is 0 Å². The van der Waals surface area contributed by atoms with E-state index in [1.807, 2.05) is 26.0 Å². The van der Waals surface area contributed by atoms with Gasteiger partial charge in [-0.1, -0.05) is 34.8 Å². The fraction of sp³-hybridized carbons (Fsp3) is 0.536. The molecule has 2 aliphatic rings. The van der Waals surface area contributed by atoms with E-state index in [1.165, 1.54) is 20.6 Å². The number of amides is 2. The van der Waals surface area contributed by atoms with Crippen LogP contribution in [0.2, 0.25) is 15.1 Å². The predicted octanol–water partition coefficient (Wildman–Crippen LogP) is 7.49. The number of ether oxygens (including phenoxy) is 3. The molecule has 39 heavy (non-hydrogen) atoms. The molecule has 2 aromatic rings. The molecule has 0 aliphatic heterocycles. The number of fused-ring (bicyclic) bond motifs is 2. The zero-order chi connectivity index (χ0) is 29.5. The minimum Gasteiger partial charge on any atom is -0.495 e. The highest BCUT2D eigenvalue weighted by molar-refractivity contribution is 6.35. The van der Waals surface area contributed by atoms with Crippen molar-refractivity contribution in [1.29, 1.82) is 0 Å². The summed E-state index contributed by atoms with van der Waals surface area (Å²) in [5.41, 5.74) is 1.91. The number of carbonyl (C=O) groups is 1. The third-order valence-electron chi connectivity index (χ3n) is 6.64. The average molecular weight is 624 g/mol. The SMILES string of the molecule is CN(C)C(=O)NC1CC2CCC1(Cl)C2.COc1cc(Cl)c(OC)cc1Cl.Cc1cc(OC(C)O)cc(C)c1Cl. The van der Waals surface area contributed by atoms with Gasteiger partial charge in [0.05, 0.1) is 35.2 Å². The van der Waals surface area contributed by atoms with E-state index in [0.29, 0.717) is 27.3 Å². The number of benzene rings is 2. The predicted molar refractivity (Wildman–Crippen MR) is 159 cm³/mol. The summed E-state index contributed by atoms with van der Waals surface area (Å²) in [5, 5.41) is 13.7. The second-order valence-electron chi connectivity index (χ2n) is 9.99. The largest absolute Gasteiger partial charge is 0.495 e. The van der Waals surface area contributed by atoms with Gasteiger partial charge in [-0.05, 0) is 75.6 Å². The zero-order valence-electron chi connectivity index (χ0n) is 23.4. The minimum atomic E-state index is -0.792. The van der Waals surface area contributed by atoms with Crippen LogP contribution in [0.5, 0.6) is 17.2 Å². The van der Waals surface area contributed by atoms with Crippen molar-refractivity contribution >= 4 is 52.4 Å². The molecule has 2 saturated carbocycles. The Kier molecular flexibility index (Phi) is 12.6. The summed E-state index contributed by atoms with van der Waals surface area (Å²) in [7, 11) is 6.57. The maximum atomic E-state index is 11.5. The number of carbonyl (C=O) groups excluding carboxylic acids is 1. The fourth-order valence-corrected chi connectivity index (χ4v) is 5.69. The molecule has 0 heterocycles. The summed E-state index contributed by atoms with van der Waals surface area (Å²) in [6, 6.07) is 7.00. The van der Waals surface area contributed by atoms with Crippen molar-refractivity contribution in [2.45, 2.75) is 63.7 Å². The number of methoxy groups -OCH3 is 2. The molecule has 0 spiro atoms. The number of aliphatic hydroxyl groups is 1. The van der Waals surface area contributed by atoms with Crippen LogP contribution in [-0.2, 0) is 0 Å². The van der Waals surface area contributed by atoms with E-state index in [-0.39, 0.29) is 16.9 Å². The van der Waals surface area contributed by atoms with E-state index in [1.54, 1.807) is 38.1 Å². The van der Waals surface area contributed by atoms with Gasteiger partial charge in [-0.15, -0.1) is 11.6 Å². The van der Waals surface area contributed by atoms with E-state index >= 15 is 0 Å². The van der Waals surface area contributed by atoms with Crippen molar-refractivity contribution in [2.24, 2.45) is 5.92 Å². The number of aliphatic hydroxyl groups excluding tert-OH is 1. The Morgan fingerprint density at radius 3 is 1.92 bits per heavy atom. The van der Waals surface area contributed by atoms with Gasteiger partial charge in [0.2, 0.25) is 0 Å². The molecular formula is C28H38Cl4N2O5. The van der Waals surface area contributed by atoms with Crippen LogP contribution in [0.3, 0.4) is 0 Å². The van der Waals surface area contributed by atoms with Crippen LogP contribution in [0, 0.1) is 19.8 Å². The lowest BCUT2D eigenvalue weighted by atomic mass is 9.95. The first-order chi connectivity index (χ1) is 18.2. The summed E-state index contributed by atoms with van der Waals surface area (Å²) < 4.78 is 15.0. The summed E-state index contributed by atoms with van der Waals surface area (Å²) in [6.45, 7) is 5.38. The molecule has 218 valence electrons. The van der Waals surface area contributed by atoms with Gasteiger partial charge in [-0.3, -0.25) is 0 Å². The number of hydrogen-bond donors (Lipinski definition) is 2. The van der Waals surface area contributed by atoms with E-state index in [4.69, 9.17) is 65.7 Å². The van der Waals surface area contributed by atoms with Crippen molar-refractivity contribution < 1.29 is 24.1 Å². The maximum Gasteiger partial charge on any atom is 0.317 e. The highest BCUT2D eigenvalue weighted by Crippen LogP contribution is 2.51. The Labute approximate surface area is 251 Å². The van der Waals surface area contributed by atoms with Crippen molar-refractivity contribution in [3.05, 3.63) is 50.5 Å². The number of nitrogens with one attached hydrogen (secondary N) is 1. The minimum absolute atomic E-state index is 0.0254. The first kappa shape index (κ1) is 33.4. The molecule has 4 rings (SSSR count). The fourth-order valence-electron chi connectivity index (χ4n) is 4.65. The van der Waals surface area contributed by atoms with Crippen molar-refractivity contribution in [3.63, 3.8) is 0 Å². The van der Waals surface area contributed by atoms with Gasteiger partial charge in [-0.2, -0.15) is 0 Å². The number of urea groups is 1. The van der Waals surface area contributed by atoms with Crippen molar-refractivity contribution in [1.82, 2.24) is 10.2 Å². The first-order valence-electron chi connectivity index (χ1n) is 12.6. The van der Waals surface area contributed by atoms with Crippen LogP contribution in [0.1, 0.15) is 43.7 Å². The second kappa shape index (κ2) is 14.7. The quantitative estimate of drug-likeness (QED) is 0.266. The first-order valence-corrected chi connectivity index (χ1v) is 14.1. The summed E-state index contributed by atoms with van der Waals surface area (Å²) >= 11 is 24.1. The Hall–Kier alpha value is -1.77. The molecule has 2 aromatic carbocycles. The topological polar surface area (TPSA) is 80.3 Å². The number of hydrogen-bond acceptors (Lipinski definition) is 5. The molecule has 7 nitrogen and oxygen atoms in total. The molecule has 2 fully saturated rings. The van der Waals surface area contributed by atoms with E-state index in [2.05, 4.69) is 5.32 Å². The Bertz CT molecular complexity index is 1080. The molecule has 2 N–H and O–H groups in total. The Balaban J connectivity index is 0.000000206. The lowest BCUT2D eigenvalue weighted by Crippen LogP contribution is -2.49. The van der Waals surface area contributed by atoms with Gasteiger partial charge >= 0.3 is 6.03 Å². The van der Waals surface area contributed by atoms with Gasteiger partial charge in [-0.25, -0.2) is 4.79 Å². The smallest absolute Gasteiger partial charge is 0.317 e. The normalized spacial score (nSPS) is 21.5. The number of halogens is 4. The standard InChI is InChI=1S/C10H17ClN2O.C10H13ClO2.C8H8Cl2O2/c1-13(2)9(14)12-8-5-7-3-4-10(8,11)6-7;1-6-4-9(13-8(3)12)5-7(2)10(6)11;1-11-7-3-6(10)8(12-2)4-5(7)9/h7-8H,3-6H2,1-2H3,(H,12,14);4-5,8,12H,1-3H3;3-4H,1-2H3. The Morgan fingerprint density at radius 2 is 1.56 bits per heavy atom. The van der Waals surface area contributed by atoms with Crippen molar-refractivity contribution in [2.75, 3.05) is 28.3 Å². The summed E-state index contributed by atoms with van der Waals surface area (Å²) in [6.07, 6.45) is 3.63. The second-order valence-corrected chi connectivity index (χ2v) is 11.9. The highest BCUT2D eigenvalue weighted by atomic mass is 35.5.